The predicted octanol–water partition coefficient (Wildman–Crippen LogP) is 1.59. The van der Waals surface area contributed by atoms with E-state index in [0.717, 1.165) is 32.3 Å². The molecule has 13 heavy (non-hydrogen) atoms. The van der Waals surface area contributed by atoms with E-state index < -0.39 is 0 Å². The third kappa shape index (κ3) is 9.80. The molecule has 3 heteroatoms. The summed E-state index contributed by atoms with van der Waals surface area (Å²) in [5.74, 6) is 0. The van der Waals surface area contributed by atoms with Gasteiger partial charge in [-0.3, -0.25) is 0 Å². The third-order valence-electron chi connectivity index (χ3n) is 1.88. The molecule has 0 radical (unpaired) electrons. The average Bonchev–Trinajstić information content (AvgIpc) is 2.11. The second-order valence-corrected chi connectivity index (χ2v) is 3.19. The van der Waals surface area contributed by atoms with Crippen LogP contribution in [0.2, 0.25) is 0 Å². The summed E-state index contributed by atoms with van der Waals surface area (Å²) in [6, 6.07) is 0. The first-order valence-corrected chi connectivity index (χ1v) is 5.06. The van der Waals surface area contributed by atoms with E-state index in [4.69, 9.17) is 9.47 Å². The second-order valence-electron chi connectivity index (χ2n) is 3.19. The van der Waals surface area contributed by atoms with Crippen LogP contribution in [0.25, 0.3) is 0 Å². The van der Waals surface area contributed by atoms with E-state index in [0.29, 0.717) is 13.2 Å². The van der Waals surface area contributed by atoms with Crippen molar-refractivity contribution in [3.05, 3.63) is 0 Å². The van der Waals surface area contributed by atoms with E-state index >= 15 is 0 Å². The fourth-order valence-corrected chi connectivity index (χ4v) is 1.14. The Bertz CT molecular complexity index is 96.2. The highest BCUT2D eigenvalue weighted by atomic mass is 16.5. The Labute approximate surface area is 81.0 Å². The number of methoxy groups -OCH3 is 1. The normalized spacial score (nSPS) is 13.2. The van der Waals surface area contributed by atoms with Crippen LogP contribution in [0.1, 0.15) is 32.6 Å². The van der Waals surface area contributed by atoms with Crippen molar-refractivity contribution in [2.75, 3.05) is 26.9 Å². The van der Waals surface area contributed by atoms with Crippen LogP contribution in [0, 0.1) is 0 Å². The molecule has 0 aliphatic rings. The Morgan fingerprint density at radius 3 is 2.54 bits per heavy atom. The van der Waals surface area contributed by atoms with Crippen molar-refractivity contribution in [3.63, 3.8) is 0 Å². The number of hydrogen-bond donors (Lipinski definition) is 1. The zero-order valence-electron chi connectivity index (χ0n) is 8.79. The van der Waals surface area contributed by atoms with Crippen LogP contribution in [0.5, 0.6) is 0 Å². The topological polar surface area (TPSA) is 38.7 Å². The van der Waals surface area contributed by atoms with Gasteiger partial charge >= 0.3 is 0 Å². The van der Waals surface area contributed by atoms with Gasteiger partial charge in [0.1, 0.15) is 0 Å². The first kappa shape index (κ1) is 12.9. The molecule has 0 amide bonds. The molecule has 0 aliphatic carbocycles. The minimum absolute atomic E-state index is 0.143. The van der Waals surface area contributed by atoms with Gasteiger partial charge in [-0.1, -0.05) is 13.3 Å². The Balaban J connectivity index is 2.97. The highest BCUT2D eigenvalue weighted by molar-refractivity contribution is 4.53. The van der Waals surface area contributed by atoms with Crippen molar-refractivity contribution in [2.24, 2.45) is 0 Å². The molecule has 80 valence electrons. The minimum Gasteiger partial charge on any atom is -0.393 e. The lowest BCUT2D eigenvalue weighted by molar-refractivity contribution is 0.0609. The summed E-state index contributed by atoms with van der Waals surface area (Å²) in [6.45, 7) is 4.11. The molecule has 0 fully saturated rings. The summed E-state index contributed by atoms with van der Waals surface area (Å²) in [6.07, 6.45) is 3.59. The Morgan fingerprint density at radius 2 is 1.92 bits per heavy atom. The zero-order valence-corrected chi connectivity index (χ0v) is 8.79. The lowest BCUT2D eigenvalue weighted by Crippen LogP contribution is -2.08. The van der Waals surface area contributed by atoms with Gasteiger partial charge < -0.3 is 14.6 Å². The zero-order chi connectivity index (χ0) is 9.94. The fourth-order valence-electron chi connectivity index (χ4n) is 1.14. The van der Waals surface area contributed by atoms with Gasteiger partial charge in [0.25, 0.3) is 0 Å². The summed E-state index contributed by atoms with van der Waals surface area (Å²) in [5, 5.41) is 9.37. The molecule has 0 aromatic heterocycles. The quantitative estimate of drug-likeness (QED) is 0.561. The molecule has 0 rings (SSSR count). The monoisotopic (exact) mass is 190 g/mol. The molecule has 0 saturated heterocycles. The first-order valence-electron chi connectivity index (χ1n) is 5.06. The molecular formula is C10H22O3. The molecule has 1 atom stereocenters. The van der Waals surface area contributed by atoms with Crippen LogP contribution >= 0.6 is 0 Å². The minimum atomic E-state index is -0.143. The van der Waals surface area contributed by atoms with Gasteiger partial charge in [-0.25, -0.2) is 0 Å². The van der Waals surface area contributed by atoms with Crippen LogP contribution in [0.3, 0.4) is 0 Å². The van der Waals surface area contributed by atoms with Crippen molar-refractivity contribution in [2.45, 2.75) is 38.7 Å². The van der Waals surface area contributed by atoms with Gasteiger partial charge in [-0.2, -0.15) is 0 Å². The molecule has 0 aromatic carbocycles. The van der Waals surface area contributed by atoms with E-state index in [1.807, 2.05) is 0 Å². The molecular weight excluding hydrogens is 168 g/mol. The Kier molecular flexibility index (Phi) is 9.87. The third-order valence-corrected chi connectivity index (χ3v) is 1.88. The van der Waals surface area contributed by atoms with Gasteiger partial charge in [-0.15, -0.1) is 0 Å². The number of hydrogen-bond acceptors (Lipinski definition) is 3. The van der Waals surface area contributed by atoms with Crippen molar-refractivity contribution in [3.8, 4) is 0 Å². The molecule has 0 spiro atoms. The highest BCUT2D eigenvalue weighted by Crippen LogP contribution is 2.03. The summed E-state index contributed by atoms with van der Waals surface area (Å²) in [4.78, 5) is 0. The first-order chi connectivity index (χ1) is 6.31. The van der Waals surface area contributed by atoms with Gasteiger partial charge in [-0.05, 0) is 19.3 Å². The molecule has 0 aromatic rings. The van der Waals surface area contributed by atoms with E-state index in [1.165, 1.54) is 0 Å². The summed E-state index contributed by atoms with van der Waals surface area (Å²) in [5.41, 5.74) is 0. The van der Waals surface area contributed by atoms with Crippen molar-refractivity contribution in [1.82, 2.24) is 0 Å². The molecule has 1 N–H and O–H groups in total. The van der Waals surface area contributed by atoms with Crippen molar-refractivity contribution >= 4 is 0 Å². The van der Waals surface area contributed by atoms with Gasteiger partial charge in [0.2, 0.25) is 0 Å². The number of aliphatic hydroxyl groups excluding tert-OH is 1. The molecule has 1 unspecified atom stereocenters. The highest BCUT2D eigenvalue weighted by Gasteiger charge is 2.01. The maximum atomic E-state index is 9.37. The number of aliphatic hydroxyl groups is 1. The number of ether oxygens (including phenoxy) is 2. The smallest absolute Gasteiger partial charge is 0.0700 e. The summed E-state index contributed by atoms with van der Waals surface area (Å²) >= 11 is 0. The lowest BCUT2D eigenvalue weighted by Gasteiger charge is -2.08. The van der Waals surface area contributed by atoms with Gasteiger partial charge in [0, 0.05) is 13.7 Å². The van der Waals surface area contributed by atoms with Crippen LogP contribution in [-0.4, -0.2) is 38.1 Å². The van der Waals surface area contributed by atoms with Crippen molar-refractivity contribution in [1.29, 1.82) is 0 Å². The molecule has 0 heterocycles. The van der Waals surface area contributed by atoms with Gasteiger partial charge in [0.05, 0.1) is 19.3 Å². The summed E-state index contributed by atoms with van der Waals surface area (Å²) < 4.78 is 10.1. The largest absolute Gasteiger partial charge is 0.393 e. The molecule has 0 saturated carbocycles. The SMILES string of the molecule is CCCC(O)CCCOCCOC. The Hall–Kier alpha value is -0.120. The standard InChI is InChI=1S/C10H22O3/c1-3-5-10(11)6-4-7-13-9-8-12-2/h10-11H,3-9H2,1-2H3. The van der Waals surface area contributed by atoms with Crippen LogP contribution in [0.15, 0.2) is 0 Å². The summed E-state index contributed by atoms with van der Waals surface area (Å²) in [7, 11) is 1.66. The fraction of sp³-hybridized carbons (Fsp3) is 1.00. The van der Waals surface area contributed by atoms with Crippen molar-refractivity contribution < 1.29 is 14.6 Å². The van der Waals surface area contributed by atoms with Crippen LogP contribution < -0.4 is 0 Å². The molecule has 3 nitrogen and oxygen atoms in total. The maximum Gasteiger partial charge on any atom is 0.0700 e. The maximum absolute atomic E-state index is 9.37. The molecule has 0 bridgehead atoms. The van der Waals surface area contributed by atoms with E-state index in [9.17, 15) is 5.11 Å². The molecule has 0 aliphatic heterocycles. The Morgan fingerprint density at radius 1 is 1.15 bits per heavy atom. The van der Waals surface area contributed by atoms with E-state index in [2.05, 4.69) is 6.92 Å². The second kappa shape index (κ2) is 9.96. The number of rotatable bonds is 9. The van der Waals surface area contributed by atoms with Crippen LogP contribution in [-0.2, 0) is 9.47 Å². The predicted molar refractivity (Wildman–Crippen MR) is 52.8 cm³/mol. The van der Waals surface area contributed by atoms with Gasteiger partial charge in [0.15, 0.2) is 0 Å². The average molecular weight is 190 g/mol. The van der Waals surface area contributed by atoms with Crippen LogP contribution in [0.4, 0.5) is 0 Å². The lowest BCUT2D eigenvalue weighted by atomic mass is 10.1. The van der Waals surface area contributed by atoms with E-state index in [1.54, 1.807) is 7.11 Å². The van der Waals surface area contributed by atoms with E-state index in [-0.39, 0.29) is 6.10 Å².